The average Bonchev–Trinajstić information content (AvgIpc) is 2.37. The van der Waals surface area contributed by atoms with Gasteiger partial charge in [-0.15, -0.1) is 0 Å². The molecule has 1 rings (SSSR count). The molecule has 1 aromatic carbocycles. The number of amides is 2. The number of nitrogens with zero attached hydrogens (tertiary/aromatic N) is 1. The summed E-state index contributed by atoms with van der Waals surface area (Å²) in [4.78, 5) is 13.4. The predicted octanol–water partition coefficient (Wildman–Crippen LogP) is 2.54. The van der Waals surface area contributed by atoms with Gasteiger partial charge in [0.25, 0.3) is 0 Å². The van der Waals surface area contributed by atoms with Crippen molar-refractivity contribution >= 4 is 22.0 Å². The fourth-order valence-corrected chi connectivity index (χ4v) is 2.54. The fraction of sp³-hybridized carbons (Fsp3) is 0.500. The van der Waals surface area contributed by atoms with Gasteiger partial charge in [0.15, 0.2) is 0 Å². The summed E-state index contributed by atoms with van der Waals surface area (Å²) in [5.41, 5.74) is 0.963. The Balaban J connectivity index is 2.71. The molecule has 0 fully saturated rings. The smallest absolute Gasteiger partial charge is 0.317 e. The molecule has 0 spiro atoms. The Morgan fingerprint density at radius 2 is 2.15 bits per heavy atom. The quantitative estimate of drug-likeness (QED) is 0.862. The van der Waals surface area contributed by atoms with Crippen molar-refractivity contribution in [3.05, 3.63) is 28.2 Å². The standard InChI is InChI=1S/C14H21BrN2O3/c1-9(18)8-17(3)14(19)16-10(2)12-6-5-11(20-4)7-13(12)15/h5-7,9-10,18H,8H2,1-4H3,(H,16,19)/t9-,10-/m0/s1. The lowest BCUT2D eigenvalue weighted by molar-refractivity contribution is 0.142. The largest absolute Gasteiger partial charge is 0.497 e. The minimum absolute atomic E-state index is 0.153. The maximum atomic E-state index is 12.0. The number of carbonyl (C=O) groups excluding carboxylic acids is 1. The van der Waals surface area contributed by atoms with Gasteiger partial charge in [-0.2, -0.15) is 0 Å². The van der Waals surface area contributed by atoms with E-state index in [9.17, 15) is 9.90 Å². The number of halogens is 1. The van der Waals surface area contributed by atoms with E-state index in [0.29, 0.717) is 6.54 Å². The number of aliphatic hydroxyl groups is 1. The highest BCUT2D eigenvalue weighted by molar-refractivity contribution is 9.10. The van der Waals surface area contributed by atoms with E-state index in [-0.39, 0.29) is 12.1 Å². The van der Waals surface area contributed by atoms with Gasteiger partial charge < -0.3 is 20.1 Å². The molecule has 20 heavy (non-hydrogen) atoms. The van der Waals surface area contributed by atoms with E-state index in [1.165, 1.54) is 4.90 Å². The van der Waals surface area contributed by atoms with Crippen LogP contribution in [-0.4, -0.2) is 42.8 Å². The van der Waals surface area contributed by atoms with Crippen molar-refractivity contribution in [2.24, 2.45) is 0 Å². The molecular weight excluding hydrogens is 324 g/mol. The SMILES string of the molecule is COc1ccc([C@H](C)NC(=O)N(C)C[C@H](C)O)c(Br)c1. The van der Waals surface area contributed by atoms with Crippen LogP contribution in [0.2, 0.25) is 0 Å². The first kappa shape index (κ1) is 16.8. The van der Waals surface area contributed by atoms with Gasteiger partial charge in [-0.05, 0) is 31.5 Å². The van der Waals surface area contributed by atoms with Crippen molar-refractivity contribution in [3.63, 3.8) is 0 Å². The molecule has 2 N–H and O–H groups in total. The second kappa shape index (κ2) is 7.50. The lowest BCUT2D eigenvalue weighted by Gasteiger charge is -2.23. The number of carbonyl (C=O) groups is 1. The van der Waals surface area contributed by atoms with E-state index < -0.39 is 6.10 Å². The molecule has 1 aromatic rings. The van der Waals surface area contributed by atoms with Gasteiger partial charge in [0.1, 0.15) is 5.75 Å². The molecular formula is C14H21BrN2O3. The number of hydrogen-bond donors (Lipinski definition) is 2. The van der Waals surface area contributed by atoms with Crippen LogP contribution in [0.1, 0.15) is 25.5 Å². The van der Waals surface area contributed by atoms with Gasteiger partial charge in [-0.1, -0.05) is 22.0 Å². The van der Waals surface area contributed by atoms with E-state index in [1.54, 1.807) is 21.1 Å². The summed E-state index contributed by atoms with van der Waals surface area (Å²) in [7, 11) is 3.26. The van der Waals surface area contributed by atoms with Crippen LogP contribution in [0.4, 0.5) is 4.79 Å². The zero-order valence-corrected chi connectivity index (χ0v) is 13.8. The molecule has 0 heterocycles. The van der Waals surface area contributed by atoms with Gasteiger partial charge >= 0.3 is 6.03 Å². The molecule has 0 saturated carbocycles. The topological polar surface area (TPSA) is 61.8 Å². The van der Waals surface area contributed by atoms with Gasteiger partial charge in [0.2, 0.25) is 0 Å². The average molecular weight is 345 g/mol. The molecule has 0 bridgehead atoms. The monoisotopic (exact) mass is 344 g/mol. The van der Waals surface area contributed by atoms with E-state index in [4.69, 9.17) is 4.74 Å². The Bertz CT molecular complexity index is 466. The second-order valence-corrected chi connectivity index (χ2v) is 5.64. The van der Waals surface area contributed by atoms with Crippen molar-refractivity contribution in [2.75, 3.05) is 20.7 Å². The first-order valence-electron chi connectivity index (χ1n) is 6.38. The zero-order chi connectivity index (χ0) is 15.3. The van der Waals surface area contributed by atoms with Crippen LogP contribution in [0.15, 0.2) is 22.7 Å². The van der Waals surface area contributed by atoms with Crippen molar-refractivity contribution < 1.29 is 14.6 Å². The number of urea groups is 1. The zero-order valence-electron chi connectivity index (χ0n) is 12.2. The van der Waals surface area contributed by atoms with Gasteiger partial charge in [0, 0.05) is 18.1 Å². The third-order valence-electron chi connectivity index (χ3n) is 2.90. The Morgan fingerprint density at radius 3 is 2.65 bits per heavy atom. The number of likely N-dealkylation sites (N-methyl/N-ethyl adjacent to an activating group) is 1. The van der Waals surface area contributed by atoms with Crippen LogP contribution in [0.3, 0.4) is 0 Å². The normalized spacial score (nSPS) is 13.5. The maximum Gasteiger partial charge on any atom is 0.317 e. The first-order valence-corrected chi connectivity index (χ1v) is 7.17. The van der Waals surface area contributed by atoms with E-state index in [0.717, 1.165) is 15.8 Å². The third kappa shape index (κ3) is 4.68. The van der Waals surface area contributed by atoms with Crippen LogP contribution in [0.5, 0.6) is 5.75 Å². The summed E-state index contributed by atoms with van der Waals surface area (Å²) < 4.78 is 6.02. The minimum atomic E-state index is -0.547. The molecule has 2 amide bonds. The Morgan fingerprint density at radius 1 is 1.50 bits per heavy atom. The van der Waals surface area contributed by atoms with Crippen LogP contribution < -0.4 is 10.1 Å². The highest BCUT2D eigenvalue weighted by atomic mass is 79.9. The Labute approximate surface area is 128 Å². The molecule has 5 nitrogen and oxygen atoms in total. The highest BCUT2D eigenvalue weighted by Crippen LogP contribution is 2.27. The lowest BCUT2D eigenvalue weighted by Crippen LogP contribution is -2.41. The van der Waals surface area contributed by atoms with Crippen molar-refractivity contribution in [2.45, 2.75) is 26.0 Å². The highest BCUT2D eigenvalue weighted by Gasteiger charge is 2.16. The van der Waals surface area contributed by atoms with Gasteiger partial charge in [-0.3, -0.25) is 0 Å². The van der Waals surface area contributed by atoms with Crippen LogP contribution in [0, 0.1) is 0 Å². The summed E-state index contributed by atoms with van der Waals surface area (Å²) in [6.07, 6.45) is -0.547. The first-order chi connectivity index (χ1) is 9.35. The molecule has 2 atom stereocenters. The molecule has 6 heteroatoms. The second-order valence-electron chi connectivity index (χ2n) is 4.79. The van der Waals surface area contributed by atoms with Crippen LogP contribution in [-0.2, 0) is 0 Å². The lowest BCUT2D eigenvalue weighted by atomic mass is 10.1. The molecule has 0 unspecified atom stereocenters. The molecule has 0 aliphatic heterocycles. The van der Waals surface area contributed by atoms with Crippen LogP contribution in [0.25, 0.3) is 0 Å². The molecule has 0 aliphatic rings. The number of rotatable bonds is 5. The Hall–Kier alpha value is -1.27. The summed E-state index contributed by atoms with van der Waals surface area (Å²) in [6.45, 7) is 3.84. The summed E-state index contributed by atoms with van der Waals surface area (Å²) in [5.74, 6) is 0.755. The van der Waals surface area contributed by atoms with E-state index >= 15 is 0 Å². The maximum absolute atomic E-state index is 12.0. The van der Waals surface area contributed by atoms with E-state index in [2.05, 4.69) is 21.2 Å². The summed E-state index contributed by atoms with van der Waals surface area (Å²) in [6, 6.07) is 5.24. The fourth-order valence-electron chi connectivity index (χ4n) is 1.84. The molecule has 0 saturated heterocycles. The molecule has 0 aliphatic carbocycles. The summed E-state index contributed by atoms with van der Waals surface area (Å²) >= 11 is 3.47. The summed E-state index contributed by atoms with van der Waals surface area (Å²) in [5, 5.41) is 12.2. The number of methoxy groups -OCH3 is 1. The van der Waals surface area contributed by atoms with Gasteiger partial charge in [-0.25, -0.2) is 4.79 Å². The van der Waals surface area contributed by atoms with Crippen LogP contribution >= 0.6 is 15.9 Å². The third-order valence-corrected chi connectivity index (χ3v) is 3.59. The van der Waals surface area contributed by atoms with Gasteiger partial charge in [0.05, 0.1) is 19.3 Å². The van der Waals surface area contributed by atoms with Crippen molar-refractivity contribution in [1.29, 1.82) is 0 Å². The number of benzene rings is 1. The number of ether oxygens (including phenoxy) is 1. The number of hydrogen-bond acceptors (Lipinski definition) is 3. The predicted molar refractivity (Wildman–Crippen MR) is 82.0 cm³/mol. The number of nitrogens with one attached hydrogen (secondary N) is 1. The molecule has 0 radical (unpaired) electrons. The van der Waals surface area contributed by atoms with E-state index in [1.807, 2.05) is 25.1 Å². The minimum Gasteiger partial charge on any atom is -0.497 e. The molecule has 112 valence electrons. The van der Waals surface area contributed by atoms with Crippen molar-refractivity contribution in [1.82, 2.24) is 10.2 Å². The van der Waals surface area contributed by atoms with Crippen molar-refractivity contribution in [3.8, 4) is 5.75 Å². The number of aliphatic hydroxyl groups excluding tert-OH is 1. The molecule has 0 aromatic heterocycles. The Kier molecular flexibility index (Phi) is 6.29.